The van der Waals surface area contributed by atoms with Crippen molar-refractivity contribution in [3.63, 3.8) is 0 Å². The summed E-state index contributed by atoms with van der Waals surface area (Å²) in [4.78, 5) is 4.26. The topological polar surface area (TPSA) is 34.1 Å². The van der Waals surface area contributed by atoms with Crippen LogP contribution in [-0.2, 0) is 0 Å². The molecule has 1 N–H and O–H groups in total. The third-order valence-corrected chi connectivity index (χ3v) is 3.15. The molecule has 0 aliphatic heterocycles. The van der Waals surface area contributed by atoms with Gasteiger partial charge in [-0.05, 0) is 36.4 Å². The number of anilines is 2. The summed E-state index contributed by atoms with van der Waals surface area (Å²) in [5.74, 6) is -1.07. The second-order valence-corrected chi connectivity index (χ2v) is 4.50. The average molecular weight is 286 g/mol. The number of aromatic nitrogens is 1. The Bertz CT molecular complexity index is 805. The molecule has 0 aliphatic rings. The van der Waals surface area contributed by atoms with Crippen LogP contribution < -0.4 is 10.1 Å². The van der Waals surface area contributed by atoms with Crippen LogP contribution in [0.4, 0.5) is 20.2 Å². The maximum atomic E-state index is 13.3. The summed E-state index contributed by atoms with van der Waals surface area (Å²) in [5.41, 5.74) is 1.98. The van der Waals surface area contributed by atoms with E-state index in [-0.39, 0.29) is 0 Å². The van der Waals surface area contributed by atoms with Crippen molar-refractivity contribution in [2.24, 2.45) is 0 Å². The van der Waals surface area contributed by atoms with Crippen molar-refractivity contribution < 1.29 is 13.5 Å². The van der Waals surface area contributed by atoms with E-state index in [0.717, 1.165) is 28.7 Å². The number of methoxy groups -OCH3 is 1. The second kappa shape index (κ2) is 5.36. The van der Waals surface area contributed by atoms with Gasteiger partial charge in [0.2, 0.25) is 0 Å². The quantitative estimate of drug-likeness (QED) is 0.781. The Kier molecular flexibility index (Phi) is 3.39. The van der Waals surface area contributed by atoms with Gasteiger partial charge in [0.25, 0.3) is 0 Å². The van der Waals surface area contributed by atoms with Crippen molar-refractivity contribution >= 4 is 22.3 Å². The zero-order valence-corrected chi connectivity index (χ0v) is 11.2. The van der Waals surface area contributed by atoms with Gasteiger partial charge in [0.15, 0.2) is 11.6 Å². The molecular formula is C16H12F2N2O. The summed E-state index contributed by atoms with van der Waals surface area (Å²) >= 11 is 0. The number of ether oxygens (including phenoxy) is 1. The Morgan fingerprint density at radius 1 is 1.00 bits per heavy atom. The Morgan fingerprint density at radius 3 is 2.62 bits per heavy atom. The molecule has 106 valence electrons. The van der Waals surface area contributed by atoms with Crippen LogP contribution in [0.5, 0.6) is 5.75 Å². The van der Waals surface area contributed by atoms with Crippen LogP contribution in [0.25, 0.3) is 10.9 Å². The second-order valence-electron chi connectivity index (χ2n) is 4.50. The number of hydrogen-bond acceptors (Lipinski definition) is 3. The van der Waals surface area contributed by atoms with E-state index in [1.54, 1.807) is 19.4 Å². The zero-order chi connectivity index (χ0) is 14.8. The largest absolute Gasteiger partial charge is 0.497 e. The van der Waals surface area contributed by atoms with Crippen LogP contribution in [0.3, 0.4) is 0 Å². The van der Waals surface area contributed by atoms with Crippen molar-refractivity contribution in [1.82, 2.24) is 4.98 Å². The highest BCUT2D eigenvalue weighted by Gasteiger charge is 2.06. The fourth-order valence-electron chi connectivity index (χ4n) is 2.09. The number of halogens is 2. The number of nitrogens with zero attached hydrogens (tertiary/aromatic N) is 1. The molecule has 3 nitrogen and oxygen atoms in total. The third kappa shape index (κ3) is 2.63. The SMILES string of the molecule is COc1ccc2nccc(Nc3ccc(F)c(F)c3)c2c1. The maximum absolute atomic E-state index is 13.3. The van der Waals surface area contributed by atoms with Gasteiger partial charge in [0.05, 0.1) is 12.6 Å². The van der Waals surface area contributed by atoms with Crippen LogP contribution in [0.15, 0.2) is 48.7 Å². The fourth-order valence-corrected chi connectivity index (χ4v) is 2.09. The summed E-state index contributed by atoms with van der Waals surface area (Å²) in [6.45, 7) is 0. The number of benzene rings is 2. The molecule has 3 rings (SSSR count). The molecule has 0 saturated carbocycles. The first-order valence-corrected chi connectivity index (χ1v) is 6.32. The molecule has 0 radical (unpaired) electrons. The Morgan fingerprint density at radius 2 is 1.86 bits per heavy atom. The van der Waals surface area contributed by atoms with Gasteiger partial charge in [0, 0.05) is 29.0 Å². The number of hydrogen-bond donors (Lipinski definition) is 1. The Hall–Kier alpha value is -2.69. The summed E-state index contributed by atoms with van der Waals surface area (Å²) in [7, 11) is 1.58. The summed E-state index contributed by atoms with van der Waals surface area (Å²) < 4.78 is 31.4. The van der Waals surface area contributed by atoms with E-state index in [1.165, 1.54) is 6.07 Å². The lowest BCUT2D eigenvalue weighted by Crippen LogP contribution is -1.95. The lowest BCUT2D eigenvalue weighted by molar-refractivity contribution is 0.415. The zero-order valence-electron chi connectivity index (χ0n) is 11.2. The lowest BCUT2D eigenvalue weighted by atomic mass is 10.1. The molecule has 0 fully saturated rings. The average Bonchev–Trinajstić information content (AvgIpc) is 2.51. The number of nitrogens with one attached hydrogen (secondary N) is 1. The minimum absolute atomic E-state index is 0.462. The highest BCUT2D eigenvalue weighted by atomic mass is 19.2. The van der Waals surface area contributed by atoms with Crippen molar-refractivity contribution in [3.05, 3.63) is 60.3 Å². The molecule has 3 aromatic rings. The molecule has 0 aliphatic carbocycles. The first-order valence-electron chi connectivity index (χ1n) is 6.32. The van der Waals surface area contributed by atoms with Crippen LogP contribution in [0, 0.1) is 11.6 Å². The van der Waals surface area contributed by atoms with E-state index in [2.05, 4.69) is 10.3 Å². The number of pyridine rings is 1. The van der Waals surface area contributed by atoms with Gasteiger partial charge in [-0.3, -0.25) is 4.98 Å². The van der Waals surface area contributed by atoms with E-state index < -0.39 is 11.6 Å². The highest BCUT2D eigenvalue weighted by molar-refractivity contribution is 5.93. The van der Waals surface area contributed by atoms with Crippen molar-refractivity contribution in [1.29, 1.82) is 0 Å². The molecule has 0 bridgehead atoms. The van der Waals surface area contributed by atoms with Crippen molar-refractivity contribution in [2.75, 3.05) is 12.4 Å². The molecule has 0 spiro atoms. The Balaban J connectivity index is 2.05. The molecule has 21 heavy (non-hydrogen) atoms. The fraction of sp³-hybridized carbons (Fsp3) is 0.0625. The van der Waals surface area contributed by atoms with Gasteiger partial charge >= 0.3 is 0 Å². The van der Waals surface area contributed by atoms with Crippen LogP contribution in [0.1, 0.15) is 0 Å². The van der Waals surface area contributed by atoms with Crippen molar-refractivity contribution in [2.45, 2.75) is 0 Å². The predicted octanol–water partition coefficient (Wildman–Crippen LogP) is 4.27. The standard InChI is InChI=1S/C16H12F2N2O/c1-21-11-3-5-15-12(9-11)16(6-7-19-15)20-10-2-4-13(17)14(18)8-10/h2-9H,1H3,(H,19,20). The molecule has 1 aromatic heterocycles. The predicted molar refractivity (Wildman–Crippen MR) is 77.9 cm³/mol. The normalized spacial score (nSPS) is 10.6. The number of fused-ring (bicyclic) bond motifs is 1. The lowest BCUT2D eigenvalue weighted by Gasteiger charge is -2.10. The first kappa shape index (κ1) is 13.3. The minimum atomic E-state index is -0.893. The van der Waals surface area contributed by atoms with Gasteiger partial charge in [-0.15, -0.1) is 0 Å². The van der Waals surface area contributed by atoms with Gasteiger partial charge in [-0.2, -0.15) is 0 Å². The monoisotopic (exact) mass is 286 g/mol. The van der Waals surface area contributed by atoms with Gasteiger partial charge < -0.3 is 10.1 Å². The number of rotatable bonds is 3. The minimum Gasteiger partial charge on any atom is -0.497 e. The first-order chi connectivity index (χ1) is 10.2. The van der Waals surface area contributed by atoms with E-state index in [4.69, 9.17) is 4.74 Å². The molecular weight excluding hydrogens is 274 g/mol. The summed E-state index contributed by atoms with van der Waals surface area (Å²) in [6.07, 6.45) is 1.65. The molecule has 2 aromatic carbocycles. The maximum Gasteiger partial charge on any atom is 0.160 e. The van der Waals surface area contributed by atoms with Gasteiger partial charge in [-0.1, -0.05) is 0 Å². The van der Waals surface area contributed by atoms with E-state index in [0.29, 0.717) is 11.4 Å². The third-order valence-electron chi connectivity index (χ3n) is 3.15. The summed E-state index contributed by atoms with van der Waals surface area (Å²) in [6, 6.07) is 10.9. The smallest absolute Gasteiger partial charge is 0.160 e. The molecule has 0 atom stereocenters. The van der Waals surface area contributed by atoms with Crippen LogP contribution in [0.2, 0.25) is 0 Å². The van der Waals surface area contributed by atoms with Gasteiger partial charge in [-0.25, -0.2) is 8.78 Å². The highest BCUT2D eigenvalue weighted by Crippen LogP contribution is 2.28. The molecule has 0 amide bonds. The summed E-state index contributed by atoms with van der Waals surface area (Å²) in [5, 5.41) is 3.90. The molecule has 0 unspecified atom stereocenters. The molecule has 1 heterocycles. The van der Waals surface area contributed by atoms with Crippen LogP contribution >= 0.6 is 0 Å². The van der Waals surface area contributed by atoms with E-state index in [1.807, 2.05) is 18.2 Å². The van der Waals surface area contributed by atoms with E-state index in [9.17, 15) is 8.78 Å². The van der Waals surface area contributed by atoms with Gasteiger partial charge in [0.1, 0.15) is 5.75 Å². The van der Waals surface area contributed by atoms with E-state index >= 15 is 0 Å². The molecule has 5 heteroatoms. The van der Waals surface area contributed by atoms with Crippen LogP contribution in [-0.4, -0.2) is 12.1 Å². The molecule has 0 saturated heterocycles. The Labute approximate surface area is 120 Å². The van der Waals surface area contributed by atoms with Crippen molar-refractivity contribution in [3.8, 4) is 5.75 Å².